The monoisotopic (exact) mass is 252 g/mol. The van der Waals surface area contributed by atoms with E-state index in [0.29, 0.717) is 12.5 Å². The van der Waals surface area contributed by atoms with Gasteiger partial charge in [0, 0.05) is 12.6 Å². The molecule has 1 fully saturated rings. The third-order valence-electron chi connectivity index (χ3n) is 3.53. The summed E-state index contributed by atoms with van der Waals surface area (Å²) < 4.78 is 0. The fourth-order valence-electron chi connectivity index (χ4n) is 2.55. The highest BCUT2D eigenvalue weighted by molar-refractivity contribution is 7.12. The van der Waals surface area contributed by atoms with Gasteiger partial charge in [-0.1, -0.05) is 25.3 Å². The lowest BCUT2D eigenvalue weighted by Gasteiger charge is -2.29. The summed E-state index contributed by atoms with van der Waals surface area (Å²) in [6, 6.07) is 3.90. The van der Waals surface area contributed by atoms with Crippen molar-refractivity contribution < 1.29 is 4.79 Å². The van der Waals surface area contributed by atoms with Gasteiger partial charge in [-0.3, -0.25) is 4.79 Å². The summed E-state index contributed by atoms with van der Waals surface area (Å²) in [7, 11) is 0. The molecular formula is C13H20N2OS. The number of amides is 1. The van der Waals surface area contributed by atoms with Crippen molar-refractivity contribution in [1.29, 1.82) is 0 Å². The molecular weight excluding hydrogens is 232 g/mol. The van der Waals surface area contributed by atoms with Crippen molar-refractivity contribution in [3.63, 3.8) is 0 Å². The van der Waals surface area contributed by atoms with E-state index in [1.165, 1.54) is 43.4 Å². The number of hydrogen-bond donors (Lipinski definition) is 2. The minimum atomic E-state index is 0.0287. The molecule has 1 amide bonds. The van der Waals surface area contributed by atoms with E-state index >= 15 is 0 Å². The third kappa shape index (κ3) is 3.30. The van der Waals surface area contributed by atoms with E-state index in [2.05, 4.69) is 5.32 Å². The molecule has 2 rings (SSSR count). The Hall–Kier alpha value is -0.870. The lowest BCUT2D eigenvalue weighted by Crippen LogP contribution is -2.45. The van der Waals surface area contributed by atoms with Crippen LogP contribution in [0.25, 0.3) is 0 Å². The Morgan fingerprint density at radius 1 is 1.47 bits per heavy atom. The fraction of sp³-hybridized carbons (Fsp3) is 0.615. The molecule has 1 heterocycles. The summed E-state index contributed by atoms with van der Waals surface area (Å²) in [5.74, 6) is 0.596. The van der Waals surface area contributed by atoms with E-state index in [4.69, 9.17) is 5.73 Å². The second-order valence-corrected chi connectivity index (χ2v) is 5.64. The SMILES string of the molecule is NCC(NC(=O)c1cccs1)C1CCCCC1. The van der Waals surface area contributed by atoms with Gasteiger partial charge in [0.25, 0.3) is 5.91 Å². The maximum absolute atomic E-state index is 12.0. The minimum Gasteiger partial charge on any atom is -0.347 e. The van der Waals surface area contributed by atoms with Crippen molar-refractivity contribution in [2.45, 2.75) is 38.1 Å². The van der Waals surface area contributed by atoms with E-state index in [9.17, 15) is 4.79 Å². The molecule has 1 aromatic rings. The van der Waals surface area contributed by atoms with Crippen LogP contribution < -0.4 is 11.1 Å². The molecule has 0 saturated heterocycles. The molecule has 3 nitrogen and oxygen atoms in total. The summed E-state index contributed by atoms with van der Waals surface area (Å²) in [6.07, 6.45) is 6.28. The number of nitrogens with one attached hydrogen (secondary N) is 1. The van der Waals surface area contributed by atoms with E-state index in [-0.39, 0.29) is 11.9 Å². The van der Waals surface area contributed by atoms with Crippen LogP contribution in [0.3, 0.4) is 0 Å². The number of nitrogens with two attached hydrogens (primary N) is 1. The Morgan fingerprint density at radius 2 is 2.24 bits per heavy atom. The van der Waals surface area contributed by atoms with Crippen LogP contribution in [-0.4, -0.2) is 18.5 Å². The smallest absolute Gasteiger partial charge is 0.261 e. The highest BCUT2D eigenvalue weighted by Crippen LogP contribution is 2.26. The van der Waals surface area contributed by atoms with Gasteiger partial charge in [-0.25, -0.2) is 0 Å². The molecule has 94 valence electrons. The Morgan fingerprint density at radius 3 is 2.82 bits per heavy atom. The third-order valence-corrected chi connectivity index (χ3v) is 4.40. The van der Waals surface area contributed by atoms with E-state index in [0.717, 1.165) is 4.88 Å². The topological polar surface area (TPSA) is 55.1 Å². The molecule has 0 aliphatic heterocycles. The molecule has 1 aromatic heterocycles. The Balaban J connectivity index is 1.92. The van der Waals surface area contributed by atoms with Crippen LogP contribution in [0.2, 0.25) is 0 Å². The summed E-state index contributed by atoms with van der Waals surface area (Å²) in [5, 5.41) is 5.01. The molecule has 0 spiro atoms. The van der Waals surface area contributed by atoms with Crippen LogP contribution in [0.5, 0.6) is 0 Å². The molecule has 1 unspecified atom stereocenters. The Bertz CT molecular complexity index is 344. The first-order chi connectivity index (χ1) is 8.31. The summed E-state index contributed by atoms with van der Waals surface area (Å²) in [4.78, 5) is 12.7. The normalized spacial score (nSPS) is 18.9. The van der Waals surface area contributed by atoms with E-state index < -0.39 is 0 Å². The second-order valence-electron chi connectivity index (χ2n) is 4.69. The van der Waals surface area contributed by atoms with Crippen LogP contribution >= 0.6 is 11.3 Å². The van der Waals surface area contributed by atoms with Crippen molar-refractivity contribution in [2.75, 3.05) is 6.54 Å². The zero-order chi connectivity index (χ0) is 12.1. The van der Waals surface area contributed by atoms with Gasteiger partial charge >= 0.3 is 0 Å². The first-order valence-corrected chi connectivity index (χ1v) is 7.23. The molecule has 1 saturated carbocycles. The first-order valence-electron chi connectivity index (χ1n) is 6.35. The van der Waals surface area contributed by atoms with Gasteiger partial charge < -0.3 is 11.1 Å². The van der Waals surface area contributed by atoms with Gasteiger partial charge in [0.1, 0.15) is 0 Å². The number of hydrogen-bond acceptors (Lipinski definition) is 3. The number of rotatable bonds is 4. The molecule has 1 aliphatic carbocycles. The molecule has 0 radical (unpaired) electrons. The molecule has 0 aromatic carbocycles. The van der Waals surface area contributed by atoms with Gasteiger partial charge in [-0.05, 0) is 30.2 Å². The largest absolute Gasteiger partial charge is 0.347 e. The standard InChI is InChI=1S/C13H20N2OS/c14-9-11(10-5-2-1-3-6-10)15-13(16)12-7-4-8-17-12/h4,7-8,10-11H,1-3,5-6,9,14H2,(H,15,16). The van der Waals surface area contributed by atoms with Crippen LogP contribution in [0, 0.1) is 5.92 Å². The Kier molecular flexibility index (Phi) is 4.57. The van der Waals surface area contributed by atoms with Crippen LogP contribution in [0.15, 0.2) is 17.5 Å². The average molecular weight is 252 g/mol. The van der Waals surface area contributed by atoms with Gasteiger partial charge in [-0.2, -0.15) is 0 Å². The number of thiophene rings is 1. The van der Waals surface area contributed by atoms with Gasteiger partial charge in [-0.15, -0.1) is 11.3 Å². The van der Waals surface area contributed by atoms with Crippen LogP contribution in [0.4, 0.5) is 0 Å². The highest BCUT2D eigenvalue weighted by atomic mass is 32.1. The van der Waals surface area contributed by atoms with Gasteiger partial charge in [0.15, 0.2) is 0 Å². The summed E-state index contributed by atoms with van der Waals surface area (Å²) in [6.45, 7) is 0.543. The lowest BCUT2D eigenvalue weighted by molar-refractivity contribution is 0.0919. The summed E-state index contributed by atoms with van der Waals surface area (Å²) in [5.41, 5.74) is 5.79. The lowest BCUT2D eigenvalue weighted by atomic mass is 9.84. The number of carbonyl (C=O) groups excluding carboxylic acids is 1. The van der Waals surface area contributed by atoms with Crippen molar-refractivity contribution in [1.82, 2.24) is 5.32 Å². The van der Waals surface area contributed by atoms with Gasteiger partial charge in [0.2, 0.25) is 0 Å². The first kappa shape index (κ1) is 12.6. The molecule has 1 atom stereocenters. The molecule has 4 heteroatoms. The minimum absolute atomic E-state index is 0.0287. The van der Waals surface area contributed by atoms with E-state index in [1.54, 1.807) is 0 Å². The molecule has 3 N–H and O–H groups in total. The molecule has 17 heavy (non-hydrogen) atoms. The van der Waals surface area contributed by atoms with E-state index in [1.807, 2.05) is 17.5 Å². The fourth-order valence-corrected chi connectivity index (χ4v) is 3.18. The van der Waals surface area contributed by atoms with Crippen molar-refractivity contribution in [2.24, 2.45) is 11.7 Å². The maximum Gasteiger partial charge on any atom is 0.261 e. The number of carbonyl (C=O) groups is 1. The zero-order valence-electron chi connectivity index (χ0n) is 10.0. The summed E-state index contributed by atoms with van der Waals surface area (Å²) >= 11 is 1.48. The Labute approximate surface area is 106 Å². The quantitative estimate of drug-likeness (QED) is 0.864. The predicted octanol–water partition coefficient (Wildman–Crippen LogP) is 2.39. The second kappa shape index (κ2) is 6.17. The predicted molar refractivity (Wildman–Crippen MR) is 71.2 cm³/mol. The maximum atomic E-state index is 12.0. The van der Waals surface area contributed by atoms with Crippen LogP contribution in [0.1, 0.15) is 41.8 Å². The molecule has 1 aliphatic rings. The van der Waals surface area contributed by atoms with Crippen molar-refractivity contribution >= 4 is 17.2 Å². The van der Waals surface area contributed by atoms with Gasteiger partial charge in [0.05, 0.1) is 4.88 Å². The average Bonchev–Trinajstić information content (AvgIpc) is 2.90. The molecule has 0 bridgehead atoms. The van der Waals surface area contributed by atoms with Crippen molar-refractivity contribution in [3.8, 4) is 0 Å². The van der Waals surface area contributed by atoms with Crippen LogP contribution in [-0.2, 0) is 0 Å². The highest BCUT2D eigenvalue weighted by Gasteiger charge is 2.24. The van der Waals surface area contributed by atoms with Crippen molar-refractivity contribution in [3.05, 3.63) is 22.4 Å². The zero-order valence-corrected chi connectivity index (χ0v) is 10.8.